The van der Waals surface area contributed by atoms with Crippen LogP contribution in [0.15, 0.2) is 42.5 Å². The predicted molar refractivity (Wildman–Crippen MR) is 90.8 cm³/mol. The van der Waals surface area contributed by atoms with Crippen LogP contribution < -0.4 is 14.8 Å². The summed E-state index contributed by atoms with van der Waals surface area (Å²) < 4.78 is 10.8. The van der Waals surface area contributed by atoms with Crippen LogP contribution in [0.4, 0.5) is 0 Å². The topological polar surface area (TPSA) is 47.6 Å². The fourth-order valence-electron chi connectivity index (χ4n) is 2.12. The summed E-state index contributed by atoms with van der Waals surface area (Å²) in [5, 5.41) is 2.88. The summed E-state index contributed by atoms with van der Waals surface area (Å²) >= 11 is 0. The molecular weight excluding hydrogens is 290 g/mol. The van der Waals surface area contributed by atoms with Crippen molar-refractivity contribution in [3.63, 3.8) is 0 Å². The van der Waals surface area contributed by atoms with Crippen LogP contribution in [-0.4, -0.2) is 19.1 Å². The van der Waals surface area contributed by atoms with E-state index >= 15 is 0 Å². The van der Waals surface area contributed by atoms with Gasteiger partial charge in [0.15, 0.2) is 6.10 Å². The van der Waals surface area contributed by atoms with Crippen molar-refractivity contribution in [1.82, 2.24) is 5.32 Å². The highest BCUT2D eigenvalue weighted by Crippen LogP contribution is 2.18. The molecule has 0 aliphatic rings. The van der Waals surface area contributed by atoms with Gasteiger partial charge in [-0.05, 0) is 61.7 Å². The zero-order valence-corrected chi connectivity index (χ0v) is 14.1. The third-order valence-electron chi connectivity index (χ3n) is 3.79. The molecule has 0 saturated carbocycles. The Balaban J connectivity index is 1.87. The van der Waals surface area contributed by atoms with Crippen LogP contribution in [0, 0.1) is 13.8 Å². The molecule has 0 aliphatic carbocycles. The van der Waals surface area contributed by atoms with Gasteiger partial charge in [0.1, 0.15) is 11.5 Å². The summed E-state index contributed by atoms with van der Waals surface area (Å²) in [6, 6.07) is 13.4. The molecule has 1 atom stereocenters. The molecule has 2 aromatic carbocycles. The van der Waals surface area contributed by atoms with E-state index < -0.39 is 6.10 Å². The van der Waals surface area contributed by atoms with Crippen molar-refractivity contribution in [2.45, 2.75) is 33.4 Å². The molecule has 4 heteroatoms. The number of methoxy groups -OCH3 is 1. The minimum atomic E-state index is -0.546. The van der Waals surface area contributed by atoms with Crippen LogP contribution >= 0.6 is 0 Å². The van der Waals surface area contributed by atoms with Gasteiger partial charge < -0.3 is 14.8 Å². The third-order valence-corrected chi connectivity index (χ3v) is 3.79. The number of rotatable bonds is 6. The van der Waals surface area contributed by atoms with E-state index in [4.69, 9.17) is 9.47 Å². The standard InChI is InChI=1S/C19H23NO3/c1-13-5-8-18(11-14(13)2)23-15(3)19(21)20-12-16-6-9-17(22-4)10-7-16/h5-11,15H,12H2,1-4H3,(H,20,21). The molecule has 1 amide bonds. The summed E-state index contributed by atoms with van der Waals surface area (Å²) in [6.45, 7) is 6.28. The van der Waals surface area contributed by atoms with Crippen molar-refractivity contribution in [2.24, 2.45) is 0 Å². The second kappa shape index (κ2) is 7.68. The number of ether oxygens (including phenoxy) is 2. The average molecular weight is 313 g/mol. The molecular formula is C19H23NO3. The van der Waals surface area contributed by atoms with Gasteiger partial charge in [-0.3, -0.25) is 4.79 Å². The maximum atomic E-state index is 12.1. The van der Waals surface area contributed by atoms with Crippen molar-refractivity contribution >= 4 is 5.91 Å². The molecule has 0 bridgehead atoms. The fraction of sp³-hybridized carbons (Fsp3) is 0.316. The number of carbonyl (C=O) groups is 1. The van der Waals surface area contributed by atoms with Gasteiger partial charge in [0.25, 0.3) is 5.91 Å². The third kappa shape index (κ3) is 4.74. The molecule has 122 valence electrons. The molecule has 2 aromatic rings. The number of carbonyl (C=O) groups excluding carboxylic acids is 1. The summed E-state index contributed by atoms with van der Waals surface area (Å²) in [5.41, 5.74) is 3.36. The number of benzene rings is 2. The van der Waals surface area contributed by atoms with Crippen molar-refractivity contribution < 1.29 is 14.3 Å². The van der Waals surface area contributed by atoms with E-state index in [1.54, 1.807) is 14.0 Å². The molecule has 0 radical (unpaired) electrons. The Morgan fingerprint density at radius 3 is 2.30 bits per heavy atom. The van der Waals surface area contributed by atoms with E-state index in [2.05, 4.69) is 5.32 Å². The number of nitrogens with one attached hydrogen (secondary N) is 1. The zero-order chi connectivity index (χ0) is 16.8. The van der Waals surface area contributed by atoms with E-state index in [0.717, 1.165) is 16.9 Å². The van der Waals surface area contributed by atoms with Gasteiger partial charge in [0, 0.05) is 6.54 Å². The van der Waals surface area contributed by atoms with Crippen molar-refractivity contribution in [3.05, 3.63) is 59.2 Å². The smallest absolute Gasteiger partial charge is 0.261 e. The molecule has 0 aromatic heterocycles. The lowest BCUT2D eigenvalue weighted by Gasteiger charge is -2.15. The van der Waals surface area contributed by atoms with Crippen molar-refractivity contribution in [3.8, 4) is 11.5 Å². The zero-order valence-electron chi connectivity index (χ0n) is 14.1. The quantitative estimate of drug-likeness (QED) is 0.889. The molecule has 1 unspecified atom stereocenters. The number of amides is 1. The van der Waals surface area contributed by atoms with Gasteiger partial charge in [-0.15, -0.1) is 0 Å². The molecule has 4 nitrogen and oxygen atoms in total. The first kappa shape index (κ1) is 16.9. The van der Waals surface area contributed by atoms with Gasteiger partial charge in [-0.25, -0.2) is 0 Å². The molecule has 0 fully saturated rings. The molecule has 0 heterocycles. The lowest BCUT2D eigenvalue weighted by atomic mass is 10.1. The first-order chi connectivity index (χ1) is 11.0. The first-order valence-corrected chi connectivity index (χ1v) is 7.64. The van der Waals surface area contributed by atoms with Crippen LogP contribution in [0.25, 0.3) is 0 Å². The van der Waals surface area contributed by atoms with Crippen molar-refractivity contribution in [1.29, 1.82) is 0 Å². The monoisotopic (exact) mass is 313 g/mol. The largest absolute Gasteiger partial charge is 0.497 e. The Labute approximate surface area is 137 Å². The lowest BCUT2D eigenvalue weighted by Crippen LogP contribution is -2.35. The van der Waals surface area contributed by atoms with Gasteiger partial charge in [0.2, 0.25) is 0 Å². The van der Waals surface area contributed by atoms with Crippen LogP contribution in [-0.2, 0) is 11.3 Å². The van der Waals surface area contributed by atoms with Gasteiger partial charge in [0.05, 0.1) is 7.11 Å². The van der Waals surface area contributed by atoms with Crippen LogP contribution in [0.2, 0.25) is 0 Å². The Morgan fingerprint density at radius 1 is 1.04 bits per heavy atom. The SMILES string of the molecule is COc1ccc(CNC(=O)C(C)Oc2ccc(C)c(C)c2)cc1. The van der Waals surface area contributed by atoms with E-state index in [9.17, 15) is 4.79 Å². The highest BCUT2D eigenvalue weighted by atomic mass is 16.5. The van der Waals surface area contributed by atoms with Crippen LogP contribution in [0.1, 0.15) is 23.6 Å². The molecule has 2 rings (SSSR count). The van der Waals surface area contributed by atoms with E-state index in [1.165, 1.54) is 5.56 Å². The Morgan fingerprint density at radius 2 is 1.70 bits per heavy atom. The molecule has 0 saturated heterocycles. The maximum Gasteiger partial charge on any atom is 0.261 e. The number of aryl methyl sites for hydroxylation is 2. The lowest BCUT2D eigenvalue weighted by molar-refractivity contribution is -0.127. The second-order valence-electron chi connectivity index (χ2n) is 5.57. The second-order valence-corrected chi connectivity index (χ2v) is 5.57. The highest BCUT2D eigenvalue weighted by Gasteiger charge is 2.14. The Hall–Kier alpha value is -2.49. The Bertz CT molecular complexity index is 665. The number of hydrogen-bond donors (Lipinski definition) is 1. The van der Waals surface area contributed by atoms with Crippen LogP contribution in [0.5, 0.6) is 11.5 Å². The first-order valence-electron chi connectivity index (χ1n) is 7.64. The number of hydrogen-bond acceptors (Lipinski definition) is 3. The summed E-state index contributed by atoms with van der Waals surface area (Å²) in [6.07, 6.45) is -0.546. The van der Waals surface area contributed by atoms with Gasteiger partial charge in [-0.2, -0.15) is 0 Å². The molecule has 0 aliphatic heterocycles. The van der Waals surface area contributed by atoms with Gasteiger partial charge >= 0.3 is 0 Å². The van der Waals surface area contributed by atoms with Crippen molar-refractivity contribution in [2.75, 3.05) is 7.11 Å². The van der Waals surface area contributed by atoms with E-state index in [1.807, 2.05) is 56.3 Å². The summed E-state index contributed by atoms with van der Waals surface area (Å²) in [4.78, 5) is 12.1. The molecule has 0 spiro atoms. The highest BCUT2D eigenvalue weighted by molar-refractivity contribution is 5.80. The fourth-order valence-corrected chi connectivity index (χ4v) is 2.12. The molecule has 23 heavy (non-hydrogen) atoms. The van der Waals surface area contributed by atoms with E-state index in [-0.39, 0.29) is 5.91 Å². The molecule has 1 N–H and O–H groups in total. The predicted octanol–water partition coefficient (Wildman–Crippen LogP) is 3.40. The average Bonchev–Trinajstić information content (AvgIpc) is 2.56. The normalized spacial score (nSPS) is 11.7. The minimum Gasteiger partial charge on any atom is -0.497 e. The Kier molecular flexibility index (Phi) is 5.63. The maximum absolute atomic E-state index is 12.1. The summed E-state index contributed by atoms with van der Waals surface area (Å²) in [7, 11) is 1.63. The van der Waals surface area contributed by atoms with E-state index in [0.29, 0.717) is 12.3 Å². The van der Waals surface area contributed by atoms with Crippen LogP contribution in [0.3, 0.4) is 0 Å². The summed E-state index contributed by atoms with van der Waals surface area (Å²) in [5.74, 6) is 1.37. The van der Waals surface area contributed by atoms with Gasteiger partial charge in [-0.1, -0.05) is 18.2 Å². The minimum absolute atomic E-state index is 0.140.